The van der Waals surface area contributed by atoms with Crippen LogP contribution < -0.4 is 0 Å². The summed E-state index contributed by atoms with van der Waals surface area (Å²) >= 11 is 0. The van der Waals surface area contributed by atoms with Crippen LogP contribution in [0.15, 0.2) is 24.7 Å². The Labute approximate surface area is 121 Å². The van der Waals surface area contributed by atoms with Gasteiger partial charge in [-0.1, -0.05) is 13.5 Å². The van der Waals surface area contributed by atoms with E-state index in [1.54, 1.807) is 0 Å². The van der Waals surface area contributed by atoms with E-state index in [9.17, 15) is 35.5 Å². The summed E-state index contributed by atoms with van der Waals surface area (Å²) < 4.78 is 94.9. The van der Waals surface area contributed by atoms with Crippen molar-refractivity contribution in [2.24, 2.45) is 5.92 Å². The fourth-order valence-corrected chi connectivity index (χ4v) is 1.32. The third kappa shape index (κ3) is 6.81. The molecule has 0 aliphatic rings. The molecule has 0 aromatic heterocycles. The number of alkyl halides is 6. The standard InChI is InChI=1S/C12H13F7O3/c1-3-7(5-21-9(20)4-2)10(12(17,18)19)22-6-8(13)11(14,15)16/h4,6-7,10H,2-3,5H2,1H3. The molecule has 0 saturated heterocycles. The Kier molecular flexibility index (Phi) is 7.41. The molecule has 0 fully saturated rings. The Morgan fingerprint density at radius 2 is 1.77 bits per heavy atom. The minimum Gasteiger partial charge on any atom is -0.485 e. The highest BCUT2D eigenvalue weighted by molar-refractivity contribution is 5.81. The fraction of sp³-hybridized carbons (Fsp3) is 0.583. The first-order valence-corrected chi connectivity index (χ1v) is 5.87. The van der Waals surface area contributed by atoms with Gasteiger partial charge in [0, 0.05) is 12.0 Å². The van der Waals surface area contributed by atoms with Crippen LogP contribution in [0.3, 0.4) is 0 Å². The SMILES string of the molecule is C=CC(=O)OCC(CC)C(OC=C(F)C(F)(F)F)C(F)(F)F. The average molecular weight is 338 g/mol. The van der Waals surface area contributed by atoms with Crippen molar-refractivity contribution in [1.82, 2.24) is 0 Å². The van der Waals surface area contributed by atoms with Crippen molar-refractivity contribution < 1.29 is 45.0 Å². The fourth-order valence-electron chi connectivity index (χ4n) is 1.32. The molecule has 0 bridgehead atoms. The predicted octanol–water partition coefficient (Wildman–Crippen LogP) is 4.06. The van der Waals surface area contributed by atoms with Gasteiger partial charge < -0.3 is 9.47 Å². The van der Waals surface area contributed by atoms with E-state index in [-0.39, 0.29) is 6.42 Å². The number of halogens is 7. The summed E-state index contributed by atoms with van der Waals surface area (Å²) in [5, 5.41) is 0. The molecule has 0 amide bonds. The Morgan fingerprint density at radius 1 is 1.23 bits per heavy atom. The van der Waals surface area contributed by atoms with Crippen molar-refractivity contribution in [3.05, 3.63) is 24.7 Å². The van der Waals surface area contributed by atoms with Gasteiger partial charge in [0.1, 0.15) is 6.26 Å². The maximum atomic E-state index is 12.8. The smallest absolute Gasteiger partial charge is 0.446 e. The lowest BCUT2D eigenvalue weighted by Crippen LogP contribution is -2.40. The van der Waals surface area contributed by atoms with E-state index in [0.717, 1.165) is 0 Å². The van der Waals surface area contributed by atoms with E-state index >= 15 is 0 Å². The minimum atomic E-state index is -5.45. The second-order valence-corrected chi connectivity index (χ2v) is 4.06. The van der Waals surface area contributed by atoms with E-state index in [1.165, 1.54) is 6.92 Å². The van der Waals surface area contributed by atoms with Gasteiger partial charge in [0.2, 0.25) is 5.83 Å². The number of ether oxygens (including phenoxy) is 2. The summed E-state index contributed by atoms with van der Waals surface area (Å²) in [4.78, 5) is 10.8. The minimum absolute atomic E-state index is 0.240. The van der Waals surface area contributed by atoms with Crippen molar-refractivity contribution in [3.63, 3.8) is 0 Å². The molecule has 0 aromatic carbocycles. The highest BCUT2D eigenvalue weighted by atomic mass is 19.4. The Balaban J connectivity index is 5.10. The number of hydrogen-bond donors (Lipinski definition) is 0. The highest BCUT2D eigenvalue weighted by Gasteiger charge is 2.47. The second-order valence-electron chi connectivity index (χ2n) is 4.06. The molecule has 0 saturated carbocycles. The van der Waals surface area contributed by atoms with Gasteiger partial charge in [0.25, 0.3) is 0 Å². The van der Waals surface area contributed by atoms with E-state index in [1.807, 2.05) is 0 Å². The molecule has 0 aliphatic heterocycles. The van der Waals surface area contributed by atoms with E-state index < -0.39 is 49.0 Å². The van der Waals surface area contributed by atoms with Crippen LogP contribution in [0.2, 0.25) is 0 Å². The van der Waals surface area contributed by atoms with Gasteiger partial charge in [-0.15, -0.1) is 0 Å². The summed E-state index contributed by atoms with van der Waals surface area (Å²) in [5.74, 6) is -5.32. The van der Waals surface area contributed by atoms with Crippen molar-refractivity contribution in [1.29, 1.82) is 0 Å². The third-order valence-corrected chi connectivity index (χ3v) is 2.47. The molecule has 0 radical (unpaired) electrons. The molecule has 2 atom stereocenters. The molecule has 0 aliphatic carbocycles. The van der Waals surface area contributed by atoms with Gasteiger partial charge in [-0.05, 0) is 6.42 Å². The maximum absolute atomic E-state index is 12.8. The zero-order valence-electron chi connectivity index (χ0n) is 11.3. The molecule has 0 heterocycles. The first-order valence-electron chi connectivity index (χ1n) is 5.87. The van der Waals surface area contributed by atoms with Crippen LogP contribution in [0, 0.1) is 5.92 Å². The molecular formula is C12H13F7O3. The predicted molar refractivity (Wildman–Crippen MR) is 61.1 cm³/mol. The third-order valence-electron chi connectivity index (χ3n) is 2.47. The van der Waals surface area contributed by atoms with Crippen LogP contribution in [-0.2, 0) is 14.3 Å². The van der Waals surface area contributed by atoms with Crippen LogP contribution in [-0.4, -0.2) is 31.0 Å². The summed E-state index contributed by atoms with van der Waals surface area (Å²) in [6.45, 7) is 3.54. The monoisotopic (exact) mass is 338 g/mol. The summed E-state index contributed by atoms with van der Waals surface area (Å²) in [6, 6.07) is 0. The summed E-state index contributed by atoms with van der Waals surface area (Å²) in [7, 11) is 0. The van der Waals surface area contributed by atoms with Gasteiger partial charge in [0.05, 0.1) is 6.61 Å². The Morgan fingerprint density at radius 3 is 2.14 bits per heavy atom. The summed E-state index contributed by atoms with van der Waals surface area (Å²) in [6.07, 6.45) is -13.5. The van der Waals surface area contributed by atoms with E-state index in [4.69, 9.17) is 0 Å². The molecule has 3 nitrogen and oxygen atoms in total. The number of carbonyl (C=O) groups excluding carboxylic acids is 1. The molecule has 2 unspecified atom stereocenters. The summed E-state index contributed by atoms with van der Waals surface area (Å²) in [5.41, 5.74) is 0. The maximum Gasteiger partial charge on any atom is 0.446 e. The van der Waals surface area contributed by atoms with Gasteiger partial charge >= 0.3 is 18.3 Å². The normalized spacial score (nSPS) is 15.9. The van der Waals surface area contributed by atoms with Gasteiger partial charge in [-0.2, -0.15) is 30.7 Å². The Hall–Kier alpha value is -1.74. The quantitative estimate of drug-likeness (QED) is 0.304. The van der Waals surface area contributed by atoms with Crippen LogP contribution >= 0.6 is 0 Å². The lowest BCUT2D eigenvalue weighted by Gasteiger charge is -2.27. The molecule has 128 valence electrons. The molecule has 22 heavy (non-hydrogen) atoms. The molecule has 0 N–H and O–H groups in total. The van der Waals surface area contributed by atoms with Gasteiger partial charge in [-0.3, -0.25) is 0 Å². The number of carbonyl (C=O) groups is 1. The topological polar surface area (TPSA) is 35.5 Å². The largest absolute Gasteiger partial charge is 0.485 e. The highest BCUT2D eigenvalue weighted by Crippen LogP contribution is 2.33. The van der Waals surface area contributed by atoms with Gasteiger partial charge in [0.15, 0.2) is 6.10 Å². The zero-order chi connectivity index (χ0) is 17.6. The average Bonchev–Trinajstić information content (AvgIpc) is 2.38. The number of rotatable bonds is 7. The lowest BCUT2D eigenvalue weighted by molar-refractivity contribution is -0.227. The molecule has 0 spiro atoms. The van der Waals surface area contributed by atoms with Crippen LogP contribution in [0.25, 0.3) is 0 Å². The molecule has 10 heteroatoms. The number of allylic oxidation sites excluding steroid dienone is 1. The van der Waals surface area contributed by atoms with Crippen LogP contribution in [0.5, 0.6) is 0 Å². The van der Waals surface area contributed by atoms with Crippen molar-refractivity contribution in [2.45, 2.75) is 31.8 Å². The van der Waals surface area contributed by atoms with Gasteiger partial charge in [-0.25, -0.2) is 4.79 Å². The first-order chi connectivity index (χ1) is 9.93. The Bertz CT molecular complexity index is 412. The van der Waals surface area contributed by atoms with E-state index in [0.29, 0.717) is 6.08 Å². The molecule has 0 aromatic rings. The molecular weight excluding hydrogens is 325 g/mol. The lowest BCUT2D eigenvalue weighted by atomic mass is 10.00. The van der Waals surface area contributed by atoms with Crippen LogP contribution in [0.1, 0.15) is 13.3 Å². The van der Waals surface area contributed by atoms with E-state index in [2.05, 4.69) is 16.1 Å². The zero-order valence-corrected chi connectivity index (χ0v) is 11.3. The second kappa shape index (κ2) is 8.04. The number of hydrogen-bond acceptors (Lipinski definition) is 3. The number of esters is 1. The van der Waals surface area contributed by atoms with Crippen LogP contribution in [0.4, 0.5) is 30.7 Å². The van der Waals surface area contributed by atoms with Crippen molar-refractivity contribution >= 4 is 5.97 Å². The molecule has 0 rings (SSSR count). The first kappa shape index (κ1) is 20.3. The van der Waals surface area contributed by atoms with Crippen molar-refractivity contribution in [2.75, 3.05) is 6.61 Å². The van der Waals surface area contributed by atoms with Crippen molar-refractivity contribution in [3.8, 4) is 0 Å².